The molecule has 1 N–H and O–H groups in total. The molecule has 1 aromatic heterocycles. The number of furan rings is 1. The SMILES string of the molecule is Cc1ccc(OC2(C(=O)O)CCN(CC=Cc3ccco3)CC2)cc1. The molecule has 1 aromatic carbocycles. The van der Waals surface area contributed by atoms with E-state index in [0.717, 1.165) is 17.9 Å². The van der Waals surface area contributed by atoms with Gasteiger partial charge in [-0.25, -0.2) is 4.79 Å². The molecule has 5 heteroatoms. The summed E-state index contributed by atoms with van der Waals surface area (Å²) in [5.74, 6) is 0.539. The minimum atomic E-state index is -1.14. The average molecular weight is 341 g/mol. The van der Waals surface area contributed by atoms with E-state index in [1.807, 2.05) is 55.5 Å². The Bertz CT molecular complexity index is 711. The molecule has 132 valence electrons. The van der Waals surface area contributed by atoms with Crippen molar-refractivity contribution in [1.29, 1.82) is 0 Å². The Balaban J connectivity index is 1.58. The van der Waals surface area contributed by atoms with E-state index < -0.39 is 11.6 Å². The molecule has 0 radical (unpaired) electrons. The summed E-state index contributed by atoms with van der Waals surface area (Å²) in [4.78, 5) is 14.1. The zero-order chi connectivity index (χ0) is 17.7. The van der Waals surface area contributed by atoms with E-state index in [1.54, 1.807) is 6.26 Å². The minimum absolute atomic E-state index is 0.463. The van der Waals surface area contributed by atoms with Crippen LogP contribution in [-0.2, 0) is 4.79 Å². The van der Waals surface area contributed by atoms with Gasteiger partial charge in [0.2, 0.25) is 5.60 Å². The first-order valence-corrected chi connectivity index (χ1v) is 8.49. The first-order valence-electron chi connectivity index (χ1n) is 8.49. The van der Waals surface area contributed by atoms with Gasteiger partial charge in [0.1, 0.15) is 11.5 Å². The summed E-state index contributed by atoms with van der Waals surface area (Å²) in [5, 5.41) is 9.72. The second kappa shape index (κ2) is 7.57. The number of likely N-dealkylation sites (tertiary alicyclic amines) is 1. The van der Waals surface area contributed by atoms with Crippen molar-refractivity contribution in [2.24, 2.45) is 0 Å². The Labute approximate surface area is 147 Å². The van der Waals surface area contributed by atoms with Crippen LogP contribution in [-0.4, -0.2) is 41.2 Å². The molecule has 5 nitrogen and oxygen atoms in total. The van der Waals surface area contributed by atoms with Crippen LogP contribution in [0.25, 0.3) is 6.08 Å². The first kappa shape index (κ1) is 17.3. The molecule has 0 atom stereocenters. The monoisotopic (exact) mass is 341 g/mol. The number of hydrogen-bond donors (Lipinski definition) is 1. The van der Waals surface area contributed by atoms with E-state index in [4.69, 9.17) is 9.15 Å². The zero-order valence-corrected chi connectivity index (χ0v) is 14.4. The van der Waals surface area contributed by atoms with Gasteiger partial charge in [-0.2, -0.15) is 0 Å². The topological polar surface area (TPSA) is 62.9 Å². The largest absolute Gasteiger partial charge is 0.478 e. The molecule has 0 amide bonds. The van der Waals surface area contributed by atoms with Gasteiger partial charge in [-0.3, -0.25) is 4.90 Å². The predicted molar refractivity (Wildman–Crippen MR) is 95.6 cm³/mol. The quantitative estimate of drug-likeness (QED) is 0.870. The average Bonchev–Trinajstić information content (AvgIpc) is 3.12. The second-order valence-electron chi connectivity index (χ2n) is 6.43. The zero-order valence-electron chi connectivity index (χ0n) is 14.4. The fourth-order valence-electron chi connectivity index (χ4n) is 2.99. The van der Waals surface area contributed by atoms with E-state index in [1.165, 1.54) is 0 Å². The number of piperidine rings is 1. The molecular weight excluding hydrogens is 318 g/mol. The molecule has 0 bridgehead atoms. The van der Waals surface area contributed by atoms with Crippen LogP contribution in [0.2, 0.25) is 0 Å². The Morgan fingerprint density at radius 2 is 2.00 bits per heavy atom. The van der Waals surface area contributed by atoms with Crippen molar-refractivity contribution in [3.8, 4) is 5.75 Å². The highest BCUT2D eigenvalue weighted by Gasteiger charge is 2.43. The highest BCUT2D eigenvalue weighted by Crippen LogP contribution is 2.29. The van der Waals surface area contributed by atoms with Gasteiger partial charge in [0.15, 0.2) is 0 Å². The third-order valence-electron chi connectivity index (χ3n) is 4.58. The normalized spacial score (nSPS) is 17.6. The molecule has 2 aromatic rings. The maximum atomic E-state index is 11.9. The second-order valence-corrected chi connectivity index (χ2v) is 6.43. The van der Waals surface area contributed by atoms with Crippen molar-refractivity contribution in [3.63, 3.8) is 0 Å². The summed E-state index contributed by atoms with van der Waals surface area (Å²) in [5.41, 5.74) is -0.0221. The Morgan fingerprint density at radius 1 is 1.28 bits per heavy atom. The molecule has 1 aliphatic rings. The van der Waals surface area contributed by atoms with Crippen LogP contribution < -0.4 is 4.74 Å². The molecule has 1 saturated heterocycles. The lowest BCUT2D eigenvalue weighted by Gasteiger charge is -2.38. The molecule has 0 unspecified atom stereocenters. The molecular formula is C20H23NO4. The lowest BCUT2D eigenvalue weighted by molar-refractivity contribution is -0.159. The van der Waals surface area contributed by atoms with Crippen molar-refractivity contribution < 1.29 is 19.1 Å². The van der Waals surface area contributed by atoms with E-state index >= 15 is 0 Å². The van der Waals surface area contributed by atoms with Crippen molar-refractivity contribution in [2.45, 2.75) is 25.4 Å². The molecule has 0 spiro atoms. The fourth-order valence-corrected chi connectivity index (χ4v) is 2.99. The maximum Gasteiger partial charge on any atom is 0.348 e. The van der Waals surface area contributed by atoms with Crippen molar-refractivity contribution in [1.82, 2.24) is 4.90 Å². The molecule has 1 aliphatic heterocycles. The number of benzene rings is 1. The molecule has 0 aliphatic carbocycles. The summed E-state index contributed by atoms with van der Waals surface area (Å²) in [6, 6.07) is 11.3. The third-order valence-corrected chi connectivity index (χ3v) is 4.58. The maximum absolute atomic E-state index is 11.9. The van der Waals surface area contributed by atoms with Crippen molar-refractivity contribution >= 4 is 12.0 Å². The van der Waals surface area contributed by atoms with Crippen LogP contribution in [0, 0.1) is 6.92 Å². The minimum Gasteiger partial charge on any atom is -0.478 e. The lowest BCUT2D eigenvalue weighted by Crippen LogP contribution is -2.53. The highest BCUT2D eigenvalue weighted by atomic mass is 16.5. The predicted octanol–water partition coefficient (Wildman–Crippen LogP) is 3.60. The number of aliphatic carboxylic acids is 1. The van der Waals surface area contributed by atoms with Crippen molar-refractivity contribution in [3.05, 3.63) is 60.1 Å². The van der Waals surface area contributed by atoms with Crippen LogP contribution >= 0.6 is 0 Å². The van der Waals surface area contributed by atoms with Gasteiger partial charge < -0.3 is 14.3 Å². The third kappa shape index (κ3) is 4.31. The smallest absolute Gasteiger partial charge is 0.348 e. The van der Waals surface area contributed by atoms with Gasteiger partial charge >= 0.3 is 5.97 Å². The van der Waals surface area contributed by atoms with Crippen molar-refractivity contribution in [2.75, 3.05) is 19.6 Å². The summed E-state index contributed by atoms with van der Waals surface area (Å²) < 4.78 is 11.2. The molecule has 25 heavy (non-hydrogen) atoms. The molecule has 1 fully saturated rings. The number of carbonyl (C=O) groups is 1. The first-order chi connectivity index (χ1) is 12.1. The van der Waals surface area contributed by atoms with Crippen LogP contribution in [0.4, 0.5) is 0 Å². The number of carboxylic acid groups (broad SMARTS) is 1. The standard InChI is InChI=1S/C20H23NO4/c1-16-6-8-18(9-7-16)25-20(19(22)23)10-13-21(14-11-20)12-2-4-17-5-3-15-24-17/h2-9,15H,10-14H2,1H3,(H,22,23). The number of ether oxygens (including phenoxy) is 1. The van der Waals surface area contributed by atoms with E-state index in [0.29, 0.717) is 31.7 Å². The Kier molecular flexibility index (Phi) is 5.24. The van der Waals surface area contributed by atoms with Gasteiger partial charge in [0.25, 0.3) is 0 Å². The Hall–Kier alpha value is -2.53. The molecule has 0 saturated carbocycles. The summed E-state index contributed by atoms with van der Waals surface area (Å²) in [6.07, 6.45) is 6.54. The number of nitrogens with zero attached hydrogens (tertiary/aromatic N) is 1. The van der Waals surface area contributed by atoms with Gasteiger partial charge in [-0.1, -0.05) is 23.8 Å². The van der Waals surface area contributed by atoms with Crippen LogP contribution in [0.15, 0.2) is 53.2 Å². The highest BCUT2D eigenvalue weighted by molar-refractivity contribution is 5.78. The summed E-state index contributed by atoms with van der Waals surface area (Å²) in [7, 11) is 0. The number of aryl methyl sites for hydroxylation is 1. The Morgan fingerprint density at radius 3 is 2.60 bits per heavy atom. The van der Waals surface area contributed by atoms with Gasteiger partial charge in [0, 0.05) is 32.5 Å². The van der Waals surface area contributed by atoms with Gasteiger partial charge in [-0.05, 0) is 37.3 Å². The lowest BCUT2D eigenvalue weighted by atomic mass is 9.91. The van der Waals surface area contributed by atoms with Crippen LogP contribution in [0.5, 0.6) is 5.75 Å². The number of hydrogen-bond acceptors (Lipinski definition) is 4. The summed E-state index contributed by atoms with van der Waals surface area (Å²) in [6.45, 7) is 4.12. The number of rotatable bonds is 6. The van der Waals surface area contributed by atoms with E-state index in [9.17, 15) is 9.90 Å². The fraction of sp³-hybridized carbons (Fsp3) is 0.350. The number of carboxylic acids is 1. The van der Waals surface area contributed by atoms with Gasteiger partial charge in [-0.15, -0.1) is 0 Å². The van der Waals surface area contributed by atoms with Gasteiger partial charge in [0.05, 0.1) is 6.26 Å². The van der Waals surface area contributed by atoms with E-state index in [-0.39, 0.29) is 0 Å². The summed E-state index contributed by atoms with van der Waals surface area (Å²) >= 11 is 0. The van der Waals surface area contributed by atoms with Crippen LogP contribution in [0.3, 0.4) is 0 Å². The van der Waals surface area contributed by atoms with E-state index in [2.05, 4.69) is 4.90 Å². The molecule has 3 rings (SSSR count). The molecule has 2 heterocycles. The van der Waals surface area contributed by atoms with Crippen LogP contribution in [0.1, 0.15) is 24.2 Å².